The van der Waals surface area contributed by atoms with E-state index in [4.69, 9.17) is 16.6 Å². The minimum Gasteiger partial charge on any atom is -0.282 e. The van der Waals surface area contributed by atoms with E-state index >= 15 is 0 Å². The van der Waals surface area contributed by atoms with Gasteiger partial charge >= 0.3 is 0 Å². The second kappa shape index (κ2) is 10.5. The molecule has 1 fully saturated rings. The van der Waals surface area contributed by atoms with Crippen LogP contribution < -0.4 is 4.90 Å². The summed E-state index contributed by atoms with van der Waals surface area (Å²) in [6.07, 6.45) is 3.53. The number of fused-ring (bicyclic) bond motifs is 1. The zero-order valence-corrected chi connectivity index (χ0v) is 22.8. The molecule has 1 saturated heterocycles. The smallest absolute Gasteiger partial charge is 0.252 e. The molecule has 11 heteroatoms. The van der Waals surface area contributed by atoms with Crippen LogP contribution in [-0.2, 0) is 27.8 Å². The molecule has 0 radical (unpaired) electrons. The number of pyridine rings is 1. The lowest BCUT2D eigenvalue weighted by Crippen LogP contribution is -2.44. The van der Waals surface area contributed by atoms with Gasteiger partial charge < -0.3 is 0 Å². The van der Waals surface area contributed by atoms with Gasteiger partial charge in [-0.3, -0.25) is 14.7 Å². The molecule has 4 heterocycles. The predicted molar refractivity (Wildman–Crippen MR) is 145 cm³/mol. The van der Waals surface area contributed by atoms with E-state index in [2.05, 4.69) is 24.0 Å². The number of thiazole rings is 1. The fourth-order valence-electron chi connectivity index (χ4n) is 4.31. The van der Waals surface area contributed by atoms with Gasteiger partial charge in [0.2, 0.25) is 5.91 Å². The highest BCUT2D eigenvalue weighted by molar-refractivity contribution is 7.91. The van der Waals surface area contributed by atoms with Crippen molar-refractivity contribution in [1.29, 1.82) is 0 Å². The fourth-order valence-corrected chi connectivity index (χ4v) is 8.45. The lowest BCUT2D eigenvalue weighted by molar-refractivity contribution is -0.123. The highest BCUT2D eigenvalue weighted by Crippen LogP contribution is 2.34. The van der Waals surface area contributed by atoms with Gasteiger partial charge in [0.25, 0.3) is 10.0 Å². The number of hydrogen-bond donors (Lipinski definition) is 0. The van der Waals surface area contributed by atoms with E-state index in [1.54, 1.807) is 17.2 Å². The van der Waals surface area contributed by atoms with Gasteiger partial charge in [0.1, 0.15) is 4.21 Å². The number of rotatable bonds is 7. The first-order chi connectivity index (χ1) is 17.3. The molecular weight excluding hydrogens is 536 g/mol. The minimum absolute atomic E-state index is 0.0494. The van der Waals surface area contributed by atoms with Crippen molar-refractivity contribution in [2.75, 3.05) is 18.0 Å². The third-order valence-electron chi connectivity index (χ3n) is 6.34. The highest BCUT2D eigenvalue weighted by atomic mass is 35.5. The second-order valence-corrected chi connectivity index (χ2v) is 13.5. The number of nitrogens with zero attached hydrogens (tertiary/aromatic N) is 4. The van der Waals surface area contributed by atoms with Crippen LogP contribution in [0.2, 0.25) is 4.34 Å². The van der Waals surface area contributed by atoms with Crippen LogP contribution >= 0.6 is 34.3 Å². The van der Waals surface area contributed by atoms with E-state index in [0.29, 0.717) is 28.9 Å². The van der Waals surface area contributed by atoms with Crippen molar-refractivity contribution < 1.29 is 13.2 Å². The monoisotopic (exact) mass is 560 g/mol. The van der Waals surface area contributed by atoms with Gasteiger partial charge in [-0.15, -0.1) is 11.3 Å². The molecule has 0 N–H and O–H groups in total. The third-order valence-corrected chi connectivity index (χ3v) is 11.0. The summed E-state index contributed by atoms with van der Waals surface area (Å²) in [7, 11) is -3.61. The molecule has 0 atom stereocenters. The van der Waals surface area contributed by atoms with Crippen molar-refractivity contribution in [1.82, 2.24) is 14.3 Å². The molecule has 1 aliphatic heterocycles. The Morgan fingerprint density at radius 1 is 1.14 bits per heavy atom. The number of carbonyl (C=O) groups is 1. The normalized spacial score (nSPS) is 15.4. The van der Waals surface area contributed by atoms with Crippen molar-refractivity contribution in [2.24, 2.45) is 5.92 Å². The Morgan fingerprint density at radius 3 is 2.61 bits per heavy atom. The Labute approximate surface area is 223 Å². The van der Waals surface area contributed by atoms with Gasteiger partial charge in [0.15, 0.2) is 5.13 Å². The summed E-state index contributed by atoms with van der Waals surface area (Å²) in [5.74, 6) is -0.350. The molecule has 1 amide bonds. The topological polar surface area (TPSA) is 83.5 Å². The number of halogens is 1. The number of hydrogen-bond acceptors (Lipinski definition) is 7. The average Bonchev–Trinajstić information content (AvgIpc) is 3.53. The molecule has 1 aliphatic rings. The maximum atomic E-state index is 13.8. The Morgan fingerprint density at radius 2 is 1.94 bits per heavy atom. The van der Waals surface area contributed by atoms with Crippen molar-refractivity contribution in [2.45, 2.75) is 36.9 Å². The molecule has 0 unspecified atom stereocenters. The van der Waals surface area contributed by atoms with Gasteiger partial charge in [-0.1, -0.05) is 42.0 Å². The van der Waals surface area contributed by atoms with Crippen LogP contribution in [0.3, 0.4) is 0 Å². The summed E-state index contributed by atoms with van der Waals surface area (Å²) in [4.78, 5) is 24.7. The molecule has 0 aliphatic carbocycles. The van der Waals surface area contributed by atoms with E-state index in [0.717, 1.165) is 33.7 Å². The summed E-state index contributed by atoms with van der Waals surface area (Å²) in [5.41, 5.74) is 2.86. The Bertz CT molecular complexity index is 1480. The summed E-state index contributed by atoms with van der Waals surface area (Å²) in [6, 6.07) is 14.9. The van der Waals surface area contributed by atoms with Gasteiger partial charge in [-0.05, 0) is 61.2 Å². The van der Waals surface area contributed by atoms with Gasteiger partial charge in [-0.25, -0.2) is 13.4 Å². The highest BCUT2D eigenvalue weighted by Gasteiger charge is 2.35. The molecular formula is C25H25ClN4O3S3. The number of amides is 1. The summed E-state index contributed by atoms with van der Waals surface area (Å²) < 4.78 is 29.1. The number of carbonyl (C=O) groups excluding carboxylic acids is 1. The number of sulfonamides is 1. The minimum atomic E-state index is -3.61. The molecule has 0 saturated carbocycles. The third kappa shape index (κ3) is 5.19. The van der Waals surface area contributed by atoms with Gasteiger partial charge in [0.05, 0.1) is 26.8 Å². The molecule has 0 spiro atoms. The first kappa shape index (κ1) is 25.3. The number of benzene rings is 1. The number of thiophene rings is 1. The molecule has 4 aromatic rings. The van der Waals surface area contributed by atoms with Crippen molar-refractivity contribution in [3.8, 4) is 0 Å². The SMILES string of the molecule is CCc1ccc2nc(N(Cc3ccccn3)C(=O)C3CCN(S(=O)(=O)c4ccc(Cl)s4)CC3)sc2c1. The van der Waals surface area contributed by atoms with E-state index < -0.39 is 10.0 Å². The molecule has 36 heavy (non-hydrogen) atoms. The maximum Gasteiger partial charge on any atom is 0.252 e. The summed E-state index contributed by atoms with van der Waals surface area (Å²) in [6.45, 7) is 2.99. The van der Waals surface area contributed by atoms with Crippen molar-refractivity contribution >= 4 is 65.6 Å². The number of anilines is 1. The number of piperidine rings is 1. The standard InChI is InChI=1S/C25H25ClN4O3S3/c1-2-17-6-7-20-21(15-17)34-25(28-20)30(16-19-5-3-4-12-27-19)24(31)18-10-13-29(14-11-18)36(32,33)23-9-8-22(26)35-23/h3-9,12,15,18H,2,10-11,13-14,16H2,1H3. The lowest BCUT2D eigenvalue weighted by Gasteiger charge is -2.32. The predicted octanol–water partition coefficient (Wildman–Crippen LogP) is 5.60. The first-order valence-corrected chi connectivity index (χ1v) is 15.2. The van der Waals surface area contributed by atoms with E-state index in [1.165, 1.54) is 27.3 Å². The van der Waals surface area contributed by atoms with E-state index in [1.807, 2.05) is 24.3 Å². The van der Waals surface area contributed by atoms with E-state index in [-0.39, 0.29) is 29.1 Å². The van der Waals surface area contributed by atoms with Crippen LogP contribution in [0, 0.1) is 5.92 Å². The zero-order chi connectivity index (χ0) is 25.3. The molecule has 1 aromatic carbocycles. The largest absolute Gasteiger partial charge is 0.282 e. The van der Waals surface area contributed by atoms with Crippen LogP contribution in [-0.4, -0.2) is 41.7 Å². The fraction of sp³-hybridized carbons (Fsp3) is 0.320. The van der Waals surface area contributed by atoms with Gasteiger partial charge in [0, 0.05) is 25.2 Å². The lowest BCUT2D eigenvalue weighted by atomic mass is 9.96. The molecule has 0 bridgehead atoms. The van der Waals surface area contributed by atoms with Gasteiger partial charge in [-0.2, -0.15) is 4.31 Å². The summed E-state index contributed by atoms with van der Waals surface area (Å²) >= 11 is 8.50. The molecule has 188 valence electrons. The van der Waals surface area contributed by atoms with Crippen LogP contribution in [0.4, 0.5) is 5.13 Å². The number of aryl methyl sites for hydroxylation is 1. The van der Waals surface area contributed by atoms with Crippen LogP contribution in [0.5, 0.6) is 0 Å². The molecule has 3 aromatic heterocycles. The first-order valence-electron chi connectivity index (χ1n) is 11.7. The van der Waals surface area contributed by atoms with Crippen LogP contribution in [0.1, 0.15) is 31.0 Å². The maximum absolute atomic E-state index is 13.8. The number of aromatic nitrogens is 2. The molecule has 7 nitrogen and oxygen atoms in total. The van der Waals surface area contributed by atoms with Crippen LogP contribution in [0.25, 0.3) is 10.2 Å². The average molecular weight is 561 g/mol. The molecule has 5 rings (SSSR count). The zero-order valence-electron chi connectivity index (χ0n) is 19.6. The van der Waals surface area contributed by atoms with E-state index in [9.17, 15) is 13.2 Å². The van der Waals surface area contributed by atoms with Crippen molar-refractivity contribution in [3.63, 3.8) is 0 Å². The van der Waals surface area contributed by atoms with Crippen LogP contribution in [0.15, 0.2) is 58.9 Å². The quantitative estimate of drug-likeness (QED) is 0.294. The van der Waals surface area contributed by atoms with Crippen molar-refractivity contribution in [3.05, 3.63) is 70.3 Å². The second-order valence-electron chi connectivity index (χ2n) is 8.63. The summed E-state index contributed by atoms with van der Waals surface area (Å²) in [5, 5.41) is 0.636. The Hall–Kier alpha value is -2.37. The Balaban J connectivity index is 1.38. The Kier molecular flexibility index (Phi) is 7.41.